The van der Waals surface area contributed by atoms with Crippen molar-refractivity contribution in [1.29, 1.82) is 0 Å². The number of ether oxygens (including phenoxy) is 2. The number of anilines is 1. The Kier molecular flexibility index (Phi) is 7.97. The van der Waals surface area contributed by atoms with E-state index in [-0.39, 0.29) is 18.8 Å². The van der Waals surface area contributed by atoms with E-state index in [1.807, 2.05) is 0 Å². The topological polar surface area (TPSA) is 55.8 Å². The fourth-order valence-electron chi connectivity index (χ4n) is 1.91. The molecule has 1 rings (SSSR count). The van der Waals surface area contributed by atoms with Gasteiger partial charge in [-0.25, -0.2) is 4.39 Å². The number of carbonyl (C=O) groups excluding carboxylic acids is 2. The summed E-state index contributed by atoms with van der Waals surface area (Å²) < 4.78 is 24.3. The Labute approximate surface area is 135 Å². The molecule has 0 aromatic heterocycles. The van der Waals surface area contributed by atoms with Crippen molar-refractivity contribution in [3.05, 3.63) is 42.7 Å². The Balaban J connectivity index is 2.94. The number of halogens is 1. The molecule has 0 saturated heterocycles. The fraction of sp³-hybridized carbons (Fsp3) is 0.412. The van der Waals surface area contributed by atoms with Gasteiger partial charge in [0, 0.05) is 0 Å². The summed E-state index contributed by atoms with van der Waals surface area (Å²) in [6, 6.07) is 5.76. The maximum absolute atomic E-state index is 14.0. The first-order chi connectivity index (χ1) is 11.0. The average Bonchev–Trinajstić information content (AvgIpc) is 2.53. The van der Waals surface area contributed by atoms with Crippen LogP contribution in [-0.4, -0.2) is 37.7 Å². The molecule has 0 aliphatic heterocycles. The lowest BCUT2D eigenvalue weighted by Gasteiger charge is -2.25. The summed E-state index contributed by atoms with van der Waals surface area (Å²) in [6.45, 7) is 6.92. The monoisotopic (exact) mass is 323 g/mol. The van der Waals surface area contributed by atoms with E-state index in [1.165, 1.54) is 18.2 Å². The van der Waals surface area contributed by atoms with Gasteiger partial charge in [0.05, 0.1) is 18.9 Å². The number of para-hydroxylation sites is 1. The second kappa shape index (κ2) is 9.74. The fourth-order valence-corrected chi connectivity index (χ4v) is 1.91. The summed E-state index contributed by atoms with van der Waals surface area (Å²) in [5.41, 5.74) is 0.0183. The highest BCUT2D eigenvalue weighted by atomic mass is 19.1. The summed E-state index contributed by atoms with van der Waals surface area (Å²) >= 11 is 0. The summed E-state index contributed by atoms with van der Waals surface area (Å²) in [7, 11) is 0. The van der Waals surface area contributed by atoms with Gasteiger partial charge in [-0.3, -0.25) is 14.5 Å². The smallest absolute Gasteiger partial charge is 0.326 e. The highest BCUT2D eigenvalue weighted by molar-refractivity contribution is 6.00. The molecule has 1 unspecified atom stereocenters. The Morgan fingerprint density at radius 2 is 2.09 bits per heavy atom. The highest BCUT2D eigenvalue weighted by Crippen LogP contribution is 2.20. The SMILES string of the molecule is C=CCCOC(C)C(=O)N(CC(=O)OCC)c1ccccc1F. The molecule has 1 aromatic rings. The van der Waals surface area contributed by atoms with Crippen LogP contribution in [0.3, 0.4) is 0 Å². The third kappa shape index (κ3) is 5.83. The number of rotatable bonds is 9. The third-order valence-electron chi connectivity index (χ3n) is 3.04. The normalized spacial score (nSPS) is 11.6. The molecule has 0 saturated carbocycles. The van der Waals surface area contributed by atoms with Crippen molar-refractivity contribution in [3.63, 3.8) is 0 Å². The molecular weight excluding hydrogens is 301 g/mol. The van der Waals surface area contributed by atoms with Crippen LogP contribution in [0.4, 0.5) is 10.1 Å². The van der Waals surface area contributed by atoms with Gasteiger partial charge in [-0.05, 0) is 32.4 Å². The van der Waals surface area contributed by atoms with Crippen molar-refractivity contribution in [3.8, 4) is 0 Å². The Hall–Kier alpha value is -2.21. The predicted molar refractivity (Wildman–Crippen MR) is 85.6 cm³/mol. The average molecular weight is 323 g/mol. The van der Waals surface area contributed by atoms with Gasteiger partial charge in [0.1, 0.15) is 18.5 Å². The van der Waals surface area contributed by atoms with E-state index in [4.69, 9.17) is 9.47 Å². The molecule has 0 aliphatic carbocycles. The molecule has 0 heterocycles. The molecule has 0 fully saturated rings. The molecule has 23 heavy (non-hydrogen) atoms. The molecule has 126 valence electrons. The zero-order chi connectivity index (χ0) is 17.2. The first-order valence-electron chi connectivity index (χ1n) is 7.45. The second-order valence-electron chi connectivity index (χ2n) is 4.77. The molecule has 0 radical (unpaired) electrons. The molecule has 0 bridgehead atoms. The molecule has 1 aromatic carbocycles. The second-order valence-corrected chi connectivity index (χ2v) is 4.77. The van der Waals surface area contributed by atoms with E-state index in [0.717, 1.165) is 4.90 Å². The molecule has 5 nitrogen and oxygen atoms in total. The summed E-state index contributed by atoms with van der Waals surface area (Å²) in [6.07, 6.45) is 1.45. The van der Waals surface area contributed by atoms with Crippen molar-refractivity contribution < 1.29 is 23.5 Å². The van der Waals surface area contributed by atoms with Crippen molar-refractivity contribution in [2.75, 3.05) is 24.7 Å². The van der Waals surface area contributed by atoms with Gasteiger partial charge >= 0.3 is 5.97 Å². The summed E-state index contributed by atoms with van der Waals surface area (Å²) in [5, 5.41) is 0. The zero-order valence-corrected chi connectivity index (χ0v) is 13.5. The Bertz CT molecular complexity index is 547. The number of nitrogens with zero attached hydrogens (tertiary/aromatic N) is 1. The van der Waals surface area contributed by atoms with Crippen LogP contribution in [0, 0.1) is 5.82 Å². The van der Waals surface area contributed by atoms with E-state index in [1.54, 1.807) is 26.0 Å². The van der Waals surface area contributed by atoms with Gasteiger partial charge in [0.25, 0.3) is 5.91 Å². The minimum Gasteiger partial charge on any atom is -0.465 e. The number of amides is 1. The van der Waals surface area contributed by atoms with E-state index in [2.05, 4.69) is 6.58 Å². The van der Waals surface area contributed by atoms with E-state index in [0.29, 0.717) is 13.0 Å². The van der Waals surface area contributed by atoms with Crippen molar-refractivity contribution >= 4 is 17.6 Å². The molecule has 0 spiro atoms. The molecule has 6 heteroatoms. The lowest BCUT2D eigenvalue weighted by Crippen LogP contribution is -2.43. The minimum atomic E-state index is -0.816. The molecule has 1 atom stereocenters. The first kappa shape index (κ1) is 18.8. The van der Waals surface area contributed by atoms with Crippen molar-refractivity contribution in [2.24, 2.45) is 0 Å². The highest BCUT2D eigenvalue weighted by Gasteiger charge is 2.27. The minimum absolute atomic E-state index is 0.0183. The number of esters is 1. The van der Waals surface area contributed by atoms with Gasteiger partial charge in [-0.2, -0.15) is 0 Å². The number of hydrogen-bond acceptors (Lipinski definition) is 4. The molecule has 1 amide bonds. The predicted octanol–water partition coefficient (Wildman–Crippen LogP) is 2.70. The van der Waals surface area contributed by atoms with Crippen LogP contribution in [0.25, 0.3) is 0 Å². The van der Waals surface area contributed by atoms with Crippen LogP contribution in [0.5, 0.6) is 0 Å². The largest absolute Gasteiger partial charge is 0.465 e. The van der Waals surface area contributed by atoms with E-state index < -0.39 is 23.8 Å². The van der Waals surface area contributed by atoms with E-state index in [9.17, 15) is 14.0 Å². The third-order valence-corrected chi connectivity index (χ3v) is 3.04. The lowest BCUT2D eigenvalue weighted by molar-refractivity contribution is -0.143. The van der Waals surface area contributed by atoms with Gasteiger partial charge in [0.2, 0.25) is 0 Å². The Morgan fingerprint density at radius 1 is 1.39 bits per heavy atom. The maximum atomic E-state index is 14.0. The van der Waals surface area contributed by atoms with Crippen LogP contribution in [0.15, 0.2) is 36.9 Å². The van der Waals surface area contributed by atoms with Crippen LogP contribution in [0.1, 0.15) is 20.3 Å². The maximum Gasteiger partial charge on any atom is 0.326 e. The Morgan fingerprint density at radius 3 is 2.70 bits per heavy atom. The molecular formula is C17H22FNO4. The standard InChI is InChI=1S/C17H22FNO4/c1-4-6-11-23-13(3)17(21)19(12-16(20)22-5-2)15-10-8-7-9-14(15)18/h4,7-10,13H,1,5-6,11-12H2,2-3H3. The molecule has 0 aliphatic rings. The summed E-state index contributed by atoms with van der Waals surface area (Å²) in [5.74, 6) is -1.71. The van der Waals surface area contributed by atoms with Crippen molar-refractivity contribution in [1.82, 2.24) is 0 Å². The number of carbonyl (C=O) groups is 2. The van der Waals surface area contributed by atoms with Crippen LogP contribution >= 0.6 is 0 Å². The van der Waals surface area contributed by atoms with Crippen LogP contribution in [-0.2, 0) is 19.1 Å². The van der Waals surface area contributed by atoms with E-state index >= 15 is 0 Å². The number of hydrogen-bond donors (Lipinski definition) is 0. The van der Waals surface area contributed by atoms with Gasteiger partial charge in [0.15, 0.2) is 0 Å². The quantitative estimate of drug-likeness (QED) is 0.398. The van der Waals surface area contributed by atoms with Crippen LogP contribution in [0.2, 0.25) is 0 Å². The summed E-state index contributed by atoms with van der Waals surface area (Å²) in [4.78, 5) is 25.3. The van der Waals surface area contributed by atoms with Gasteiger partial charge in [-0.15, -0.1) is 6.58 Å². The first-order valence-corrected chi connectivity index (χ1v) is 7.45. The molecule has 0 N–H and O–H groups in total. The van der Waals surface area contributed by atoms with Gasteiger partial charge in [-0.1, -0.05) is 18.2 Å². The van der Waals surface area contributed by atoms with Gasteiger partial charge < -0.3 is 9.47 Å². The van der Waals surface area contributed by atoms with Crippen molar-refractivity contribution in [2.45, 2.75) is 26.4 Å². The lowest BCUT2D eigenvalue weighted by atomic mass is 10.2. The zero-order valence-electron chi connectivity index (χ0n) is 13.5. The number of benzene rings is 1. The van der Waals surface area contributed by atoms with Crippen LogP contribution < -0.4 is 4.90 Å².